The molecule has 0 N–H and O–H groups in total. The highest BCUT2D eigenvalue weighted by molar-refractivity contribution is 6.30. The molecule has 1 aliphatic carbocycles. The number of hydrogen-bond acceptors (Lipinski definition) is 4. The van der Waals surface area contributed by atoms with Crippen molar-refractivity contribution in [3.8, 4) is 17.5 Å². The summed E-state index contributed by atoms with van der Waals surface area (Å²) in [6.07, 6.45) is 0.903. The number of carbonyl (C=O) groups excluding carboxylic acids is 1. The lowest BCUT2D eigenvalue weighted by Crippen LogP contribution is -2.35. The lowest BCUT2D eigenvalue weighted by atomic mass is 9.75. The molecular weight excluding hydrogens is 340 g/mol. The van der Waals surface area contributed by atoms with Crippen LogP contribution in [0.2, 0.25) is 5.02 Å². The Morgan fingerprint density at radius 1 is 1.24 bits per heavy atom. The largest absolute Gasteiger partial charge is 0.495 e. The number of nitrogens with zero attached hydrogens (tertiary/aromatic N) is 2. The number of ether oxygens (including phenoxy) is 1. The van der Waals surface area contributed by atoms with Crippen LogP contribution in [0, 0.1) is 16.7 Å². The summed E-state index contributed by atoms with van der Waals surface area (Å²) in [4.78, 5) is 25.5. The van der Waals surface area contributed by atoms with E-state index in [1.807, 2.05) is 19.9 Å². The Kier molecular flexibility index (Phi) is 4.18. The van der Waals surface area contributed by atoms with Gasteiger partial charge in [-0.15, -0.1) is 0 Å². The number of pyridine rings is 1. The van der Waals surface area contributed by atoms with Gasteiger partial charge in [0.05, 0.1) is 12.8 Å². The van der Waals surface area contributed by atoms with Gasteiger partial charge < -0.3 is 4.74 Å². The molecule has 0 bridgehead atoms. The molecule has 1 aliphatic rings. The number of hydrogen-bond donors (Lipinski definition) is 0. The molecule has 1 aromatic heterocycles. The van der Waals surface area contributed by atoms with Crippen molar-refractivity contribution >= 4 is 17.4 Å². The minimum atomic E-state index is -0.479. The third kappa shape index (κ3) is 2.94. The van der Waals surface area contributed by atoms with E-state index in [0.29, 0.717) is 40.6 Å². The summed E-state index contributed by atoms with van der Waals surface area (Å²) in [7, 11) is 1.49. The Bertz CT molecular complexity index is 983. The zero-order valence-electron chi connectivity index (χ0n) is 14.2. The number of rotatable bonds is 2. The average molecular weight is 357 g/mol. The van der Waals surface area contributed by atoms with E-state index >= 15 is 0 Å². The maximum absolute atomic E-state index is 12.9. The van der Waals surface area contributed by atoms with Gasteiger partial charge in [0.15, 0.2) is 5.78 Å². The van der Waals surface area contributed by atoms with Crippen molar-refractivity contribution in [3.63, 3.8) is 0 Å². The van der Waals surface area contributed by atoms with Gasteiger partial charge in [-0.25, -0.2) is 0 Å². The number of nitriles is 1. The first-order valence-corrected chi connectivity index (χ1v) is 8.21. The number of methoxy groups -OCH3 is 1. The monoisotopic (exact) mass is 356 g/mol. The molecule has 1 aromatic carbocycles. The minimum Gasteiger partial charge on any atom is -0.495 e. The lowest BCUT2D eigenvalue weighted by molar-refractivity contribution is 0.0908. The minimum absolute atomic E-state index is 0.0718. The fraction of sp³-hybridized carbons (Fsp3) is 0.316. The van der Waals surface area contributed by atoms with Crippen molar-refractivity contribution < 1.29 is 9.53 Å². The maximum atomic E-state index is 12.9. The van der Waals surface area contributed by atoms with E-state index < -0.39 is 5.56 Å². The number of halogens is 1. The number of Topliss-reactive ketones (excluding diaryl/α,β-unsaturated/α-hetero) is 1. The van der Waals surface area contributed by atoms with Crippen molar-refractivity contribution in [3.05, 3.63) is 56.5 Å². The van der Waals surface area contributed by atoms with Crippen LogP contribution >= 0.6 is 11.6 Å². The van der Waals surface area contributed by atoms with Gasteiger partial charge in [-0.2, -0.15) is 5.26 Å². The van der Waals surface area contributed by atoms with Crippen LogP contribution in [0.4, 0.5) is 0 Å². The van der Waals surface area contributed by atoms with Gasteiger partial charge in [0.25, 0.3) is 5.56 Å². The van der Waals surface area contributed by atoms with Crippen LogP contribution in [0.25, 0.3) is 5.69 Å². The first-order chi connectivity index (χ1) is 11.8. The van der Waals surface area contributed by atoms with Crippen molar-refractivity contribution in [2.45, 2.75) is 26.7 Å². The molecule has 6 heteroatoms. The standard InChI is InChI=1S/C19H17ClN2O3/c1-19(2)8-15-13(16(23)9-19)6-11(10-21)18(24)22(15)14-7-12(20)4-5-17(14)25-3/h4-7H,8-9H2,1-3H3. The van der Waals surface area contributed by atoms with E-state index in [4.69, 9.17) is 16.3 Å². The molecule has 0 spiro atoms. The number of aromatic nitrogens is 1. The Labute approximate surface area is 150 Å². The second-order valence-electron chi connectivity index (χ2n) is 6.93. The topological polar surface area (TPSA) is 72.1 Å². The smallest absolute Gasteiger partial charge is 0.273 e. The van der Waals surface area contributed by atoms with E-state index in [1.54, 1.807) is 18.2 Å². The fourth-order valence-corrected chi connectivity index (χ4v) is 3.45. The van der Waals surface area contributed by atoms with Crippen molar-refractivity contribution in [1.82, 2.24) is 4.57 Å². The zero-order chi connectivity index (χ0) is 18.4. The van der Waals surface area contributed by atoms with Crippen LogP contribution in [0.3, 0.4) is 0 Å². The van der Waals surface area contributed by atoms with Gasteiger partial charge in [0, 0.05) is 22.7 Å². The van der Waals surface area contributed by atoms with E-state index in [0.717, 1.165) is 0 Å². The van der Waals surface area contributed by atoms with E-state index in [1.165, 1.54) is 17.7 Å². The molecule has 3 rings (SSSR count). The molecule has 128 valence electrons. The summed E-state index contributed by atoms with van der Waals surface area (Å²) < 4.78 is 6.77. The van der Waals surface area contributed by atoms with Gasteiger partial charge in [-0.05, 0) is 36.1 Å². The van der Waals surface area contributed by atoms with Gasteiger partial charge in [-0.1, -0.05) is 25.4 Å². The normalized spacial score (nSPS) is 15.4. The second kappa shape index (κ2) is 6.05. The summed E-state index contributed by atoms with van der Waals surface area (Å²) in [6.45, 7) is 3.96. The first-order valence-electron chi connectivity index (χ1n) is 7.83. The molecule has 0 unspecified atom stereocenters. The predicted octanol–water partition coefficient (Wildman–Crippen LogP) is 3.53. The maximum Gasteiger partial charge on any atom is 0.273 e. The number of benzene rings is 1. The highest BCUT2D eigenvalue weighted by atomic mass is 35.5. The SMILES string of the molecule is COc1ccc(Cl)cc1-n1c2c(cc(C#N)c1=O)C(=O)CC(C)(C)C2. The molecular formula is C19H17ClN2O3. The molecule has 0 fully saturated rings. The predicted molar refractivity (Wildman–Crippen MR) is 94.7 cm³/mol. The molecule has 0 aliphatic heterocycles. The Morgan fingerprint density at radius 3 is 2.60 bits per heavy atom. The molecule has 0 amide bonds. The highest BCUT2D eigenvalue weighted by Gasteiger charge is 2.34. The number of ketones is 1. The van der Waals surface area contributed by atoms with E-state index in [2.05, 4.69) is 0 Å². The first kappa shape index (κ1) is 17.2. The zero-order valence-corrected chi connectivity index (χ0v) is 15.0. The molecule has 0 atom stereocenters. The summed E-state index contributed by atoms with van der Waals surface area (Å²) in [6, 6.07) is 8.22. The van der Waals surface area contributed by atoms with Crippen LogP contribution < -0.4 is 10.3 Å². The number of fused-ring (bicyclic) bond motifs is 1. The molecule has 0 radical (unpaired) electrons. The quantitative estimate of drug-likeness (QED) is 0.825. The van der Waals surface area contributed by atoms with Gasteiger partial charge >= 0.3 is 0 Å². The summed E-state index contributed by atoms with van der Waals surface area (Å²) in [5.41, 5.74) is 0.599. The molecule has 0 saturated heterocycles. The van der Waals surface area contributed by atoms with Crippen LogP contribution in [0.15, 0.2) is 29.1 Å². The summed E-state index contributed by atoms with van der Waals surface area (Å²) in [5, 5.41) is 9.76. The van der Waals surface area contributed by atoms with Crippen molar-refractivity contribution in [1.29, 1.82) is 5.26 Å². The van der Waals surface area contributed by atoms with Gasteiger partial charge in [0.2, 0.25) is 0 Å². The molecule has 0 saturated carbocycles. The number of carbonyl (C=O) groups is 1. The lowest BCUT2D eigenvalue weighted by Gasteiger charge is -2.32. The van der Waals surface area contributed by atoms with Crippen LogP contribution in [0.5, 0.6) is 5.75 Å². The van der Waals surface area contributed by atoms with E-state index in [9.17, 15) is 14.9 Å². The Balaban J connectivity index is 2.44. The van der Waals surface area contributed by atoms with E-state index in [-0.39, 0.29) is 16.8 Å². The average Bonchev–Trinajstić information content (AvgIpc) is 2.53. The molecule has 5 nitrogen and oxygen atoms in total. The van der Waals surface area contributed by atoms with Crippen molar-refractivity contribution in [2.24, 2.45) is 5.41 Å². The molecule has 2 aromatic rings. The van der Waals surface area contributed by atoms with Crippen LogP contribution in [-0.2, 0) is 6.42 Å². The van der Waals surface area contributed by atoms with Crippen molar-refractivity contribution in [2.75, 3.05) is 7.11 Å². The Morgan fingerprint density at radius 2 is 1.96 bits per heavy atom. The Hall–Kier alpha value is -2.58. The molecule has 1 heterocycles. The third-order valence-corrected chi connectivity index (χ3v) is 4.63. The summed E-state index contributed by atoms with van der Waals surface area (Å²) >= 11 is 6.11. The fourth-order valence-electron chi connectivity index (χ4n) is 3.29. The summed E-state index contributed by atoms with van der Waals surface area (Å²) in [5.74, 6) is 0.372. The second-order valence-corrected chi connectivity index (χ2v) is 7.36. The van der Waals surface area contributed by atoms with Gasteiger partial charge in [0.1, 0.15) is 17.4 Å². The van der Waals surface area contributed by atoms with Gasteiger partial charge in [-0.3, -0.25) is 14.2 Å². The highest BCUT2D eigenvalue weighted by Crippen LogP contribution is 2.36. The van der Waals surface area contributed by atoms with Crippen LogP contribution in [-0.4, -0.2) is 17.5 Å². The van der Waals surface area contributed by atoms with Crippen LogP contribution in [0.1, 0.15) is 41.9 Å². The third-order valence-electron chi connectivity index (χ3n) is 4.39. The molecule has 25 heavy (non-hydrogen) atoms.